The van der Waals surface area contributed by atoms with Crippen molar-refractivity contribution in [3.63, 3.8) is 0 Å². The number of aromatic nitrogens is 1. The van der Waals surface area contributed by atoms with Crippen LogP contribution in [0.15, 0.2) is 51.7 Å². The highest BCUT2D eigenvalue weighted by Crippen LogP contribution is 2.43. The molecule has 2 aromatic carbocycles. The Balaban J connectivity index is 1.75. The van der Waals surface area contributed by atoms with Gasteiger partial charge in [-0.2, -0.15) is 0 Å². The number of rotatable bonds is 5. The normalized spacial score (nSPS) is 15.4. The number of anilines is 1. The molecule has 0 N–H and O–H groups in total. The number of carbonyl (C=O) groups excluding carboxylic acids is 1. The lowest BCUT2D eigenvalue weighted by molar-refractivity contribution is 0.0971. The van der Waals surface area contributed by atoms with Gasteiger partial charge >= 0.3 is 0 Å². The molecular weight excluding hydrogens is 448 g/mol. The number of carbonyl (C=O) groups is 1. The Kier molecular flexibility index (Phi) is 5.52. The van der Waals surface area contributed by atoms with Crippen LogP contribution >= 0.6 is 11.3 Å². The molecule has 0 radical (unpaired) electrons. The summed E-state index contributed by atoms with van der Waals surface area (Å²) in [5.41, 5.74) is 3.38. The summed E-state index contributed by atoms with van der Waals surface area (Å²) in [6.45, 7) is 10.5. The SMILES string of the molecule is CCOc1ccc2c(=O)c3c(oc2c1)C(=O)N(c1nc(C)c(C)s1)C3c1ccc(C(C)C)cc1. The first-order valence-corrected chi connectivity index (χ1v) is 12.2. The van der Waals surface area contributed by atoms with E-state index in [2.05, 4.69) is 31.0 Å². The number of amides is 1. The summed E-state index contributed by atoms with van der Waals surface area (Å²) in [7, 11) is 0. The van der Waals surface area contributed by atoms with Crippen molar-refractivity contribution in [2.45, 2.75) is 46.6 Å². The molecule has 7 heteroatoms. The minimum atomic E-state index is -0.610. The number of fused-ring (bicyclic) bond motifs is 2. The van der Waals surface area contributed by atoms with E-state index in [1.165, 1.54) is 16.9 Å². The van der Waals surface area contributed by atoms with E-state index in [1.807, 2.05) is 32.9 Å². The van der Waals surface area contributed by atoms with Gasteiger partial charge in [0.1, 0.15) is 11.3 Å². The standard InChI is InChI=1S/C27H26N2O4S/c1-6-32-19-11-12-20-21(13-19)33-25-22(24(20)30)23(18-9-7-17(8-10-18)14(2)3)29(26(25)31)27-28-15(4)16(5)34-27/h7-14,23H,6H2,1-5H3. The Bertz CT molecular complexity index is 1450. The van der Waals surface area contributed by atoms with E-state index in [-0.39, 0.29) is 17.1 Å². The van der Waals surface area contributed by atoms with Gasteiger partial charge < -0.3 is 9.15 Å². The summed E-state index contributed by atoms with van der Waals surface area (Å²) in [6, 6.07) is 12.6. The smallest absolute Gasteiger partial charge is 0.297 e. The summed E-state index contributed by atoms with van der Waals surface area (Å²) in [5.74, 6) is 0.671. The molecule has 0 aliphatic carbocycles. The van der Waals surface area contributed by atoms with E-state index in [0.717, 1.165) is 16.1 Å². The number of hydrogen-bond donors (Lipinski definition) is 0. The van der Waals surface area contributed by atoms with Crippen molar-refractivity contribution in [3.05, 3.63) is 85.7 Å². The zero-order chi connectivity index (χ0) is 24.1. The monoisotopic (exact) mass is 474 g/mol. The average Bonchev–Trinajstić information content (AvgIpc) is 3.30. The first kappa shape index (κ1) is 22.3. The molecule has 1 unspecified atom stereocenters. The number of thiazole rings is 1. The van der Waals surface area contributed by atoms with E-state index >= 15 is 0 Å². The molecule has 5 rings (SSSR count). The molecule has 1 amide bonds. The van der Waals surface area contributed by atoms with Gasteiger partial charge in [-0.05, 0) is 49.9 Å². The van der Waals surface area contributed by atoms with E-state index in [4.69, 9.17) is 9.15 Å². The number of benzene rings is 2. The molecule has 2 aromatic heterocycles. The zero-order valence-electron chi connectivity index (χ0n) is 19.8. The van der Waals surface area contributed by atoms with Crippen molar-refractivity contribution in [1.82, 2.24) is 4.98 Å². The van der Waals surface area contributed by atoms with Crippen LogP contribution in [0.3, 0.4) is 0 Å². The predicted molar refractivity (Wildman–Crippen MR) is 134 cm³/mol. The van der Waals surface area contributed by atoms with Crippen LogP contribution in [-0.2, 0) is 0 Å². The van der Waals surface area contributed by atoms with Crippen molar-refractivity contribution in [2.24, 2.45) is 0 Å². The molecule has 1 aliphatic rings. The van der Waals surface area contributed by atoms with Gasteiger partial charge in [-0.25, -0.2) is 4.98 Å². The highest BCUT2D eigenvalue weighted by Gasteiger charge is 2.45. The van der Waals surface area contributed by atoms with Crippen LogP contribution in [0.2, 0.25) is 0 Å². The number of aryl methyl sites for hydroxylation is 2. The fourth-order valence-electron chi connectivity index (χ4n) is 4.34. The van der Waals surface area contributed by atoms with Gasteiger partial charge in [0.15, 0.2) is 10.6 Å². The number of hydrogen-bond acceptors (Lipinski definition) is 6. The average molecular weight is 475 g/mol. The second-order valence-corrected chi connectivity index (χ2v) is 9.98. The molecule has 3 heterocycles. The molecule has 1 atom stereocenters. The minimum absolute atomic E-state index is 0.0644. The van der Waals surface area contributed by atoms with Crippen LogP contribution in [0.5, 0.6) is 5.75 Å². The number of ether oxygens (including phenoxy) is 1. The zero-order valence-corrected chi connectivity index (χ0v) is 20.7. The summed E-state index contributed by atoms with van der Waals surface area (Å²) >= 11 is 1.44. The Morgan fingerprint density at radius 1 is 1.12 bits per heavy atom. The van der Waals surface area contributed by atoms with E-state index in [1.54, 1.807) is 23.1 Å². The summed E-state index contributed by atoms with van der Waals surface area (Å²) in [6.07, 6.45) is 0. The molecule has 4 aromatic rings. The highest BCUT2D eigenvalue weighted by molar-refractivity contribution is 7.15. The van der Waals surface area contributed by atoms with Crippen LogP contribution in [0.1, 0.15) is 70.5 Å². The first-order valence-electron chi connectivity index (χ1n) is 11.4. The number of nitrogens with zero attached hydrogens (tertiary/aromatic N) is 2. The fourth-order valence-corrected chi connectivity index (χ4v) is 5.28. The van der Waals surface area contributed by atoms with E-state index in [0.29, 0.717) is 39.9 Å². The third-order valence-corrected chi connectivity index (χ3v) is 7.37. The lowest BCUT2D eigenvalue weighted by atomic mass is 9.95. The van der Waals surface area contributed by atoms with Crippen LogP contribution < -0.4 is 15.1 Å². The second-order valence-electron chi connectivity index (χ2n) is 8.80. The van der Waals surface area contributed by atoms with Gasteiger partial charge in [0.25, 0.3) is 5.91 Å². The topological polar surface area (TPSA) is 72.6 Å². The summed E-state index contributed by atoms with van der Waals surface area (Å²) < 4.78 is 11.7. The summed E-state index contributed by atoms with van der Waals surface area (Å²) in [4.78, 5) is 34.7. The van der Waals surface area contributed by atoms with E-state index in [9.17, 15) is 9.59 Å². The van der Waals surface area contributed by atoms with Crippen LogP contribution in [-0.4, -0.2) is 17.5 Å². The largest absolute Gasteiger partial charge is 0.494 e. The van der Waals surface area contributed by atoms with Crippen molar-refractivity contribution in [3.8, 4) is 5.75 Å². The maximum atomic E-state index is 13.7. The maximum absolute atomic E-state index is 13.7. The molecule has 0 saturated heterocycles. The Labute approximate surface area is 201 Å². The van der Waals surface area contributed by atoms with Gasteiger partial charge in [-0.1, -0.05) is 38.1 Å². The van der Waals surface area contributed by atoms with Crippen molar-refractivity contribution < 1.29 is 13.9 Å². The Morgan fingerprint density at radius 3 is 2.47 bits per heavy atom. The van der Waals surface area contributed by atoms with Crippen molar-refractivity contribution in [2.75, 3.05) is 11.5 Å². The second kappa shape index (κ2) is 8.40. The van der Waals surface area contributed by atoms with Gasteiger partial charge in [0, 0.05) is 10.9 Å². The minimum Gasteiger partial charge on any atom is -0.494 e. The summed E-state index contributed by atoms with van der Waals surface area (Å²) in [5, 5.41) is 0.981. The first-order chi connectivity index (χ1) is 16.3. The lowest BCUT2D eigenvalue weighted by Crippen LogP contribution is -2.29. The van der Waals surface area contributed by atoms with Crippen LogP contribution in [0.25, 0.3) is 11.0 Å². The van der Waals surface area contributed by atoms with Gasteiger partial charge in [0.2, 0.25) is 5.76 Å². The molecule has 174 valence electrons. The van der Waals surface area contributed by atoms with Gasteiger partial charge in [-0.3, -0.25) is 14.5 Å². The van der Waals surface area contributed by atoms with Gasteiger partial charge in [0.05, 0.1) is 29.3 Å². The fraction of sp³-hybridized carbons (Fsp3) is 0.296. The third-order valence-electron chi connectivity index (χ3n) is 6.30. The Hall–Kier alpha value is -3.45. The molecule has 0 saturated carbocycles. The molecular formula is C27H26N2O4S. The molecule has 6 nitrogen and oxygen atoms in total. The molecule has 0 bridgehead atoms. The molecule has 34 heavy (non-hydrogen) atoms. The molecule has 0 spiro atoms. The van der Waals surface area contributed by atoms with Crippen molar-refractivity contribution in [1.29, 1.82) is 0 Å². The molecule has 1 aliphatic heterocycles. The van der Waals surface area contributed by atoms with Crippen LogP contribution in [0, 0.1) is 13.8 Å². The lowest BCUT2D eigenvalue weighted by Gasteiger charge is -2.23. The maximum Gasteiger partial charge on any atom is 0.297 e. The van der Waals surface area contributed by atoms with Crippen LogP contribution in [0.4, 0.5) is 5.13 Å². The van der Waals surface area contributed by atoms with Gasteiger partial charge in [-0.15, -0.1) is 11.3 Å². The van der Waals surface area contributed by atoms with E-state index < -0.39 is 6.04 Å². The molecule has 0 fully saturated rings. The quantitative estimate of drug-likeness (QED) is 0.347. The van der Waals surface area contributed by atoms with Crippen molar-refractivity contribution >= 4 is 33.3 Å². The predicted octanol–water partition coefficient (Wildman–Crippen LogP) is 6.14. The Morgan fingerprint density at radius 2 is 1.85 bits per heavy atom. The highest BCUT2D eigenvalue weighted by atomic mass is 32.1. The third kappa shape index (κ3) is 3.51.